The summed E-state index contributed by atoms with van der Waals surface area (Å²) in [5, 5.41) is 1.73. The van der Waals surface area contributed by atoms with Gasteiger partial charge in [-0.2, -0.15) is 0 Å². The number of halogens is 2. The van der Waals surface area contributed by atoms with Crippen LogP contribution in [0.2, 0.25) is 5.02 Å². The molecular weight excluding hydrogens is 310 g/mol. The number of fused-ring (bicyclic) bond motifs is 1. The molecule has 3 heteroatoms. The highest BCUT2D eigenvalue weighted by atomic mass is 79.9. The number of hydrogen-bond donors (Lipinski definition) is 0. The molecule has 18 heavy (non-hydrogen) atoms. The second-order valence-electron chi connectivity index (χ2n) is 5.50. The standard InChI is InChI=1S/C15H19BrClN/c16-10-12-9-13(17)6-7-15(12)18-8-2-4-11-3-1-5-14(11)18/h6-7,9,11,14H,1-5,8,10H2. The molecule has 1 aromatic carbocycles. The van der Waals surface area contributed by atoms with Crippen LogP contribution in [0.25, 0.3) is 0 Å². The summed E-state index contributed by atoms with van der Waals surface area (Å²) >= 11 is 9.70. The van der Waals surface area contributed by atoms with Gasteiger partial charge in [-0.1, -0.05) is 34.0 Å². The molecule has 0 N–H and O–H groups in total. The third-order valence-electron chi connectivity index (χ3n) is 4.49. The normalized spacial score (nSPS) is 27.3. The van der Waals surface area contributed by atoms with Crippen LogP contribution in [0.1, 0.15) is 37.7 Å². The quantitative estimate of drug-likeness (QED) is 0.690. The largest absolute Gasteiger partial charge is 0.368 e. The maximum atomic E-state index is 6.11. The summed E-state index contributed by atoms with van der Waals surface area (Å²) in [6.07, 6.45) is 6.97. The first kappa shape index (κ1) is 12.8. The Morgan fingerprint density at radius 1 is 1.22 bits per heavy atom. The molecule has 98 valence electrons. The summed E-state index contributed by atoms with van der Waals surface area (Å²) in [7, 11) is 0. The average Bonchev–Trinajstić information content (AvgIpc) is 2.86. The number of anilines is 1. The maximum Gasteiger partial charge on any atom is 0.0410 e. The lowest BCUT2D eigenvalue weighted by Gasteiger charge is -2.40. The highest BCUT2D eigenvalue weighted by Crippen LogP contribution is 2.40. The van der Waals surface area contributed by atoms with Crippen molar-refractivity contribution in [3.8, 4) is 0 Å². The molecule has 3 rings (SSSR count). The molecule has 1 saturated carbocycles. The van der Waals surface area contributed by atoms with Gasteiger partial charge in [0, 0.05) is 28.6 Å². The molecule has 2 atom stereocenters. The van der Waals surface area contributed by atoms with E-state index in [1.54, 1.807) is 0 Å². The van der Waals surface area contributed by atoms with Gasteiger partial charge in [0.05, 0.1) is 0 Å². The number of nitrogens with zero attached hydrogens (tertiary/aromatic N) is 1. The van der Waals surface area contributed by atoms with Crippen molar-refractivity contribution in [3.63, 3.8) is 0 Å². The molecule has 0 aromatic heterocycles. The van der Waals surface area contributed by atoms with Gasteiger partial charge in [0.2, 0.25) is 0 Å². The third kappa shape index (κ3) is 2.30. The van der Waals surface area contributed by atoms with Crippen LogP contribution in [0, 0.1) is 5.92 Å². The van der Waals surface area contributed by atoms with Gasteiger partial charge in [0.1, 0.15) is 0 Å². The van der Waals surface area contributed by atoms with E-state index in [4.69, 9.17) is 11.6 Å². The van der Waals surface area contributed by atoms with E-state index < -0.39 is 0 Å². The zero-order valence-electron chi connectivity index (χ0n) is 10.5. The Morgan fingerprint density at radius 2 is 2.06 bits per heavy atom. The number of benzene rings is 1. The molecule has 1 saturated heterocycles. The SMILES string of the molecule is Clc1ccc(N2CCCC3CCCC32)c(CBr)c1. The molecule has 1 aromatic rings. The van der Waals surface area contributed by atoms with E-state index in [0.29, 0.717) is 0 Å². The minimum atomic E-state index is 0.776. The molecule has 2 aliphatic rings. The summed E-state index contributed by atoms with van der Waals surface area (Å²) < 4.78 is 0. The first-order chi connectivity index (χ1) is 8.79. The molecule has 1 aliphatic heterocycles. The highest BCUT2D eigenvalue weighted by Gasteiger charge is 2.35. The highest BCUT2D eigenvalue weighted by molar-refractivity contribution is 9.08. The summed E-state index contributed by atoms with van der Waals surface area (Å²) in [6.45, 7) is 1.21. The Morgan fingerprint density at radius 3 is 2.89 bits per heavy atom. The molecule has 0 amide bonds. The third-order valence-corrected chi connectivity index (χ3v) is 5.33. The zero-order valence-corrected chi connectivity index (χ0v) is 12.9. The minimum absolute atomic E-state index is 0.776. The molecule has 0 bridgehead atoms. The number of alkyl halides is 1. The summed E-state index contributed by atoms with van der Waals surface area (Å²) in [5.41, 5.74) is 2.72. The first-order valence-corrected chi connectivity index (χ1v) is 8.40. The van der Waals surface area contributed by atoms with E-state index in [1.807, 2.05) is 6.07 Å². The monoisotopic (exact) mass is 327 g/mol. The summed E-state index contributed by atoms with van der Waals surface area (Å²) in [5.74, 6) is 0.928. The summed E-state index contributed by atoms with van der Waals surface area (Å²) in [6, 6.07) is 7.11. The van der Waals surface area contributed by atoms with Crippen molar-refractivity contribution in [2.75, 3.05) is 11.4 Å². The van der Waals surface area contributed by atoms with E-state index in [9.17, 15) is 0 Å². The van der Waals surface area contributed by atoms with Gasteiger partial charge >= 0.3 is 0 Å². The van der Waals surface area contributed by atoms with Crippen molar-refractivity contribution in [1.82, 2.24) is 0 Å². The maximum absolute atomic E-state index is 6.11. The van der Waals surface area contributed by atoms with Crippen molar-refractivity contribution in [1.29, 1.82) is 0 Å². The molecule has 0 radical (unpaired) electrons. The van der Waals surface area contributed by atoms with Gasteiger partial charge in [-0.3, -0.25) is 0 Å². The lowest BCUT2D eigenvalue weighted by Crippen LogP contribution is -2.43. The van der Waals surface area contributed by atoms with Crippen LogP contribution in [-0.2, 0) is 5.33 Å². The minimum Gasteiger partial charge on any atom is -0.368 e. The molecular formula is C15H19BrClN. The van der Waals surface area contributed by atoms with Crippen molar-refractivity contribution in [3.05, 3.63) is 28.8 Å². The Kier molecular flexibility index (Phi) is 3.86. The average molecular weight is 329 g/mol. The van der Waals surface area contributed by atoms with Crippen LogP contribution >= 0.6 is 27.5 Å². The molecule has 2 unspecified atom stereocenters. The van der Waals surface area contributed by atoms with Crippen LogP contribution in [-0.4, -0.2) is 12.6 Å². The van der Waals surface area contributed by atoms with Gasteiger partial charge in [-0.15, -0.1) is 0 Å². The predicted octanol–water partition coefficient (Wildman–Crippen LogP) is 5.00. The van der Waals surface area contributed by atoms with E-state index in [1.165, 1.54) is 49.9 Å². The lowest BCUT2D eigenvalue weighted by atomic mass is 9.91. The van der Waals surface area contributed by atoms with Gasteiger partial charge in [0.15, 0.2) is 0 Å². The fourth-order valence-corrected chi connectivity index (χ4v) is 4.34. The van der Waals surface area contributed by atoms with Crippen LogP contribution in [0.3, 0.4) is 0 Å². The zero-order chi connectivity index (χ0) is 12.5. The Bertz CT molecular complexity index is 435. The Hall–Kier alpha value is -0.210. The van der Waals surface area contributed by atoms with Gasteiger partial charge in [0.25, 0.3) is 0 Å². The second kappa shape index (κ2) is 5.42. The topological polar surface area (TPSA) is 3.24 Å². The van der Waals surface area contributed by atoms with Crippen LogP contribution in [0.15, 0.2) is 18.2 Å². The molecule has 1 nitrogen and oxygen atoms in total. The smallest absolute Gasteiger partial charge is 0.0410 e. The number of rotatable bonds is 2. The van der Waals surface area contributed by atoms with Crippen LogP contribution < -0.4 is 4.90 Å². The first-order valence-electron chi connectivity index (χ1n) is 6.90. The van der Waals surface area contributed by atoms with Gasteiger partial charge < -0.3 is 4.90 Å². The molecule has 1 aliphatic carbocycles. The fraction of sp³-hybridized carbons (Fsp3) is 0.600. The number of piperidine rings is 1. The number of hydrogen-bond acceptors (Lipinski definition) is 1. The Balaban J connectivity index is 1.93. The van der Waals surface area contributed by atoms with E-state index in [0.717, 1.165) is 22.3 Å². The lowest BCUT2D eigenvalue weighted by molar-refractivity contribution is 0.362. The van der Waals surface area contributed by atoms with Gasteiger partial charge in [-0.25, -0.2) is 0 Å². The fourth-order valence-electron chi connectivity index (χ4n) is 3.69. The summed E-state index contributed by atoms with van der Waals surface area (Å²) in [4.78, 5) is 2.65. The van der Waals surface area contributed by atoms with E-state index >= 15 is 0 Å². The van der Waals surface area contributed by atoms with Crippen molar-refractivity contribution in [2.24, 2.45) is 5.92 Å². The molecule has 0 spiro atoms. The van der Waals surface area contributed by atoms with Crippen molar-refractivity contribution < 1.29 is 0 Å². The molecule has 2 fully saturated rings. The van der Waals surface area contributed by atoms with E-state index in [-0.39, 0.29) is 0 Å². The van der Waals surface area contributed by atoms with Crippen molar-refractivity contribution in [2.45, 2.75) is 43.5 Å². The second-order valence-corrected chi connectivity index (χ2v) is 6.50. The Labute approximate surface area is 123 Å². The van der Waals surface area contributed by atoms with Crippen LogP contribution in [0.4, 0.5) is 5.69 Å². The van der Waals surface area contributed by atoms with Gasteiger partial charge in [-0.05, 0) is 55.4 Å². The predicted molar refractivity (Wildman–Crippen MR) is 81.8 cm³/mol. The molecule has 1 heterocycles. The van der Waals surface area contributed by atoms with Crippen molar-refractivity contribution >= 4 is 33.2 Å². The van der Waals surface area contributed by atoms with Crippen LogP contribution in [0.5, 0.6) is 0 Å². The van der Waals surface area contributed by atoms with E-state index in [2.05, 4.69) is 33.0 Å².